The average Bonchev–Trinajstić information content (AvgIpc) is 3.07. The smallest absolute Gasteiger partial charge is 0.316 e. The lowest BCUT2D eigenvalue weighted by Gasteiger charge is -2.17. The molecule has 0 radical (unpaired) electrons. The number of esters is 1. The lowest BCUT2D eigenvalue weighted by atomic mass is 10.1. The van der Waals surface area contributed by atoms with Crippen molar-refractivity contribution in [3.05, 3.63) is 29.3 Å². The summed E-state index contributed by atoms with van der Waals surface area (Å²) in [6, 6.07) is 5.73. The normalized spacial score (nSPS) is 11.7. The summed E-state index contributed by atoms with van der Waals surface area (Å²) in [6.45, 7) is 5.90. The third-order valence-electron chi connectivity index (χ3n) is 3.60. The number of anilines is 1. The van der Waals surface area contributed by atoms with Gasteiger partial charge in [0.15, 0.2) is 10.4 Å². The minimum atomic E-state index is -0.632. The number of carbonyl (C=O) groups is 2. The number of aryl methyl sites for hydroxylation is 2. The monoisotopic (exact) mass is 395 g/mol. The van der Waals surface area contributed by atoms with E-state index < -0.39 is 6.10 Å². The van der Waals surface area contributed by atoms with Gasteiger partial charge in [0.05, 0.1) is 12.9 Å². The van der Waals surface area contributed by atoms with Crippen molar-refractivity contribution >= 4 is 40.1 Å². The van der Waals surface area contributed by atoms with E-state index in [1.807, 2.05) is 39.0 Å². The maximum Gasteiger partial charge on any atom is 0.316 e. The molecule has 7 nitrogen and oxygen atoms in total. The van der Waals surface area contributed by atoms with Gasteiger partial charge >= 0.3 is 5.97 Å². The van der Waals surface area contributed by atoms with Gasteiger partial charge in [0.1, 0.15) is 5.75 Å². The molecule has 1 amide bonds. The van der Waals surface area contributed by atoms with Crippen molar-refractivity contribution in [3.63, 3.8) is 0 Å². The van der Waals surface area contributed by atoms with Crippen molar-refractivity contribution in [2.75, 3.05) is 18.2 Å². The maximum absolute atomic E-state index is 12.4. The molecule has 0 unspecified atom stereocenters. The molecule has 2 rings (SSSR count). The van der Waals surface area contributed by atoms with Gasteiger partial charge in [0.2, 0.25) is 5.13 Å². The Kier molecular flexibility index (Phi) is 7.40. The summed E-state index contributed by atoms with van der Waals surface area (Å²) in [5, 5.41) is 10.9. The fourth-order valence-corrected chi connectivity index (χ4v) is 3.55. The number of aromatic nitrogens is 2. The SMILES string of the molecule is CC[C@H](Oc1ccc(C)c(C)c1)C(=O)Nc1nnc(SCC(=O)OC)s1. The molecule has 0 aliphatic heterocycles. The Morgan fingerprint density at radius 1 is 1.27 bits per heavy atom. The number of nitrogens with zero attached hydrogens (tertiary/aromatic N) is 2. The highest BCUT2D eigenvalue weighted by Crippen LogP contribution is 2.26. The minimum absolute atomic E-state index is 0.145. The molecular formula is C17H21N3O4S2. The zero-order chi connectivity index (χ0) is 19.1. The zero-order valence-electron chi connectivity index (χ0n) is 15.1. The number of nitrogens with one attached hydrogen (secondary N) is 1. The quantitative estimate of drug-likeness (QED) is 0.417. The van der Waals surface area contributed by atoms with Crippen LogP contribution in [0.3, 0.4) is 0 Å². The predicted molar refractivity (Wildman–Crippen MR) is 102 cm³/mol. The molecule has 26 heavy (non-hydrogen) atoms. The molecule has 1 aromatic carbocycles. The van der Waals surface area contributed by atoms with E-state index in [0.717, 1.165) is 5.56 Å². The molecule has 1 aromatic heterocycles. The number of rotatable bonds is 8. The van der Waals surface area contributed by atoms with E-state index in [1.54, 1.807) is 0 Å². The van der Waals surface area contributed by atoms with Crippen LogP contribution in [0, 0.1) is 13.8 Å². The lowest BCUT2D eigenvalue weighted by molar-refractivity contribution is -0.137. The third-order valence-corrected chi connectivity index (χ3v) is 5.54. The molecule has 0 saturated carbocycles. The number of thioether (sulfide) groups is 1. The molecule has 1 N–H and O–H groups in total. The van der Waals surface area contributed by atoms with Gasteiger partial charge < -0.3 is 9.47 Å². The number of amides is 1. The van der Waals surface area contributed by atoms with Crippen LogP contribution in [0.15, 0.2) is 22.5 Å². The number of carbonyl (C=O) groups excluding carboxylic acids is 2. The van der Waals surface area contributed by atoms with Crippen LogP contribution in [-0.4, -0.2) is 41.0 Å². The van der Waals surface area contributed by atoms with Crippen LogP contribution in [0.4, 0.5) is 5.13 Å². The van der Waals surface area contributed by atoms with E-state index in [0.29, 0.717) is 21.6 Å². The molecule has 9 heteroatoms. The second-order valence-electron chi connectivity index (χ2n) is 5.49. The van der Waals surface area contributed by atoms with Crippen LogP contribution in [0.5, 0.6) is 5.75 Å². The van der Waals surface area contributed by atoms with Crippen LogP contribution < -0.4 is 10.1 Å². The Hall–Kier alpha value is -2.13. The molecular weight excluding hydrogens is 374 g/mol. The van der Waals surface area contributed by atoms with Crippen LogP contribution >= 0.6 is 23.1 Å². The number of hydrogen-bond acceptors (Lipinski definition) is 8. The minimum Gasteiger partial charge on any atom is -0.481 e. The van der Waals surface area contributed by atoms with Gasteiger partial charge in [-0.1, -0.05) is 36.1 Å². The first-order chi connectivity index (χ1) is 12.4. The summed E-state index contributed by atoms with van der Waals surface area (Å²) in [6.07, 6.45) is -0.117. The molecule has 0 fully saturated rings. The van der Waals surface area contributed by atoms with Crippen LogP contribution in [-0.2, 0) is 14.3 Å². The second-order valence-corrected chi connectivity index (χ2v) is 7.69. The van der Waals surface area contributed by atoms with Gasteiger partial charge in [-0.05, 0) is 43.5 Å². The highest BCUT2D eigenvalue weighted by Gasteiger charge is 2.20. The number of benzene rings is 1. The van der Waals surface area contributed by atoms with Crippen molar-refractivity contribution < 1.29 is 19.1 Å². The van der Waals surface area contributed by atoms with E-state index in [1.165, 1.54) is 35.8 Å². The molecule has 0 spiro atoms. The van der Waals surface area contributed by atoms with Gasteiger partial charge in [0.25, 0.3) is 5.91 Å². The molecule has 2 aromatic rings. The fourth-order valence-electron chi connectivity index (χ4n) is 1.96. The van der Waals surface area contributed by atoms with E-state index >= 15 is 0 Å². The molecule has 140 valence electrons. The zero-order valence-corrected chi connectivity index (χ0v) is 16.7. The summed E-state index contributed by atoms with van der Waals surface area (Å²) in [5.74, 6) is 0.170. The Morgan fingerprint density at radius 2 is 2.04 bits per heavy atom. The highest BCUT2D eigenvalue weighted by molar-refractivity contribution is 8.01. The van der Waals surface area contributed by atoms with Crippen molar-refractivity contribution in [2.45, 2.75) is 37.6 Å². The molecule has 0 aliphatic carbocycles. The van der Waals surface area contributed by atoms with Crippen molar-refractivity contribution in [2.24, 2.45) is 0 Å². The molecule has 1 heterocycles. The second kappa shape index (κ2) is 9.54. The summed E-state index contributed by atoms with van der Waals surface area (Å²) in [5.41, 5.74) is 2.27. The molecule has 1 atom stereocenters. The Bertz CT molecular complexity index is 779. The van der Waals surface area contributed by atoms with Crippen molar-refractivity contribution in [1.82, 2.24) is 10.2 Å². The Morgan fingerprint density at radius 3 is 2.69 bits per heavy atom. The largest absolute Gasteiger partial charge is 0.481 e. The standard InChI is InChI=1S/C17H21N3O4S2/c1-5-13(24-12-7-6-10(2)11(3)8-12)15(22)18-16-19-20-17(26-16)25-9-14(21)23-4/h6-8,13H,5,9H2,1-4H3,(H,18,19,22)/t13-/m0/s1. The number of ether oxygens (including phenoxy) is 2. The first kappa shape index (κ1) is 20.2. The maximum atomic E-state index is 12.4. The Labute approximate surface area is 160 Å². The third kappa shape index (κ3) is 5.70. The first-order valence-electron chi connectivity index (χ1n) is 8.00. The predicted octanol–water partition coefficient (Wildman–Crippen LogP) is 3.22. The van der Waals surface area contributed by atoms with Crippen LogP contribution in [0.2, 0.25) is 0 Å². The van der Waals surface area contributed by atoms with Crippen LogP contribution in [0.25, 0.3) is 0 Å². The van der Waals surface area contributed by atoms with Crippen molar-refractivity contribution in [3.8, 4) is 5.75 Å². The van der Waals surface area contributed by atoms with Crippen molar-refractivity contribution in [1.29, 1.82) is 0 Å². The van der Waals surface area contributed by atoms with E-state index in [4.69, 9.17) is 4.74 Å². The number of hydrogen-bond donors (Lipinski definition) is 1. The van der Waals surface area contributed by atoms with E-state index in [2.05, 4.69) is 20.3 Å². The summed E-state index contributed by atoms with van der Waals surface area (Å²) in [7, 11) is 1.33. The molecule has 0 saturated heterocycles. The van der Waals surface area contributed by atoms with Gasteiger partial charge in [-0.25, -0.2) is 0 Å². The molecule has 0 bridgehead atoms. The van der Waals surface area contributed by atoms with Gasteiger partial charge in [0, 0.05) is 0 Å². The summed E-state index contributed by atoms with van der Waals surface area (Å²) >= 11 is 2.41. The number of methoxy groups -OCH3 is 1. The lowest BCUT2D eigenvalue weighted by Crippen LogP contribution is -2.32. The van der Waals surface area contributed by atoms with Gasteiger partial charge in [-0.15, -0.1) is 10.2 Å². The first-order valence-corrected chi connectivity index (χ1v) is 9.81. The topological polar surface area (TPSA) is 90.4 Å². The fraction of sp³-hybridized carbons (Fsp3) is 0.412. The summed E-state index contributed by atoms with van der Waals surface area (Å²) in [4.78, 5) is 23.6. The van der Waals surface area contributed by atoms with Crippen LogP contribution in [0.1, 0.15) is 24.5 Å². The molecule has 0 aliphatic rings. The van der Waals surface area contributed by atoms with E-state index in [9.17, 15) is 9.59 Å². The van der Waals surface area contributed by atoms with E-state index in [-0.39, 0.29) is 17.6 Å². The van der Waals surface area contributed by atoms with Gasteiger partial charge in [-0.3, -0.25) is 14.9 Å². The highest BCUT2D eigenvalue weighted by atomic mass is 32.2. The average molecular weight is 396 g/mol. The Balaban J connectivity index is 1.95. The summed E-state index contributed by atoms with van der Waals surface area (Å²) < 4.78 is 11.0. The van der Waals surface area contributed by atoms with Gasteiger partial charge in [-0.2, -0.15) is 0 Å².